The van der Waals surface area contributed by atoms with Gasteiger partial charge in [0.2, 0.25) is 0 Å². The molecule has 2 atom stereocenters. The molecule has 0 N–H and O–H groups in total. The number of ether oxygens (including phenoxy) is 2. The lowest BCUT2D eigenvalue weighted by Gasteiger charge is -2.42. The van der Waals surface area contributed by atoms with E-state index >= 15 is 0 Å². The van der Waals surface area contributed by atoms with Gasteiger partial charge in [0.1, 0.15) is 0 Å². The van der Waals surface area contributed by atoms with E-state index < -0.39 is 0 Å². The number of thiophene rings is 1. The number of fused-ring (bicyclic) bond motifs is 1. The molecule has 132 valence electrons. The summed E-state index contributed by atoms with van der Waals surface area (Å²) in [5.74, 6) is 1.65. The van der Waals surface area contributed by atoms with Gasteiger partial charge in [0.15, 0.2) is 11.5 Å². The Morgan fingerprint density at radius 1 is 1.16 bits per heavy atom. The van der Waals surface area contributed by atoms with Crippen LogP contribution in [0.5, 0.6) is 11.5 Å². The second-order valence-electron chi connectivity index (χ2n) is 6.74. The fraction of sp³-hybridized carbons (Fsp3) is 0.429. The van der Waals surface area contributed by atoms with Crippen molar-refractivity contribution in [3.05, 3.63) is 57.8 Å². The average molecular weight is 356 g/mol. The monoisotopic (exact) mass is 355 g/mol. The highest BCUT2D eigenvalue weighted by Gasteiger charge is 2.34. The van der Waals surface area contributed by atoms with Gasteiger partial charge in [-0.05, 0) is 60.4 Å². The number of hydrogen-bond acceptors (Lipinski definition) is 4. The van der Waals surface area contributed by atoms with Gasteiger partial charge in [-0.3, -0.25) is 4.90 Å². The molecule has 4 heteroatoms. The second-order valence-corrected chi connectivity index (χ2v) is 7.72. The summed E-state index contributed by atoms with van der Waals surface area (Å²) >= 11 is 1.85. The van der Waals surface area contributed by atoms with E-state index in [-0.39, 0.29) is 0 Å². The summed E-state index contributed by atoms with van der Waals surface area (Å²) in [4.78, 5) is 4.09. The summed E-state index contributed by atoms with van der Waals surface area (Å²) < 4.78 is 11.1. The van der Waals surface area contributed by atoms with Crippen LogP contribution in [0.2, 0.25) is 0 Å². The summed E-state index contributed by atoms with van der Waals surface area (Å²) in [6, 6.07) is 9.61. The van der Waals surface area contributed by atoms with E-state index in [0.29, 0.717) is 12.1 Å². The number of benzene rings is 1. The number of methoxy groups -OCH3 is 2. The predicted octanol–water partition coefficient (Wildman–Crippen LogP) is 4.82. The second kappa shape index (κ2) is 7.22. The molecule has 0 radical (unpaired) electrons. The average Bonchev–Trinajstić information content (AvgIpc) is 3.20. The van der Waals surface area contributed by atoms with Gasteiger partial charge in [0.05, 0.1) is 20.3 Å². The zero-order valence-corrected chi connectivity index (χ0v) is 15.7. The maximum absolute atomic E-state index is 5.59. The Morgan fingerprint density at radius 3 is 2.68 bits per heavy atom. The summed E-state index contributed by atoms with van der Waals surface area (Å²) in [6.45, 7) is 1.08. The molecule has 2 heterocycles. The van der Waals surface area contributed by atoms with E-state index in [1.54, 1.807) is 14.2 Å². The van der Waals surface area contributed by atoms with E-state index in [9.17, 15) is 0 Å². The third-order valence-electron chi connectivity index (χ3n) is 5.38. The van der Waals surface area contributed by atoms with E-state index in [2.05, 4.69) is 46.7 Å². The molecule has 25 heavy (non-hydrogen) atoms. The normalized spacial score (nSPS) is 23.3. The van der Waals surface area contributed by atoms with E-state index in [1.807, 2.05) is 11.3 Å². The van der Waals surface area contributed by atoms with Crippen molar-refractivity contribution < 1.29 is 9.47 Å². The molecule has 0 spiro atoms. The summed E-state index contributed by atoms with van der Waals surface area (Å²) in [5, 5.41) is 2.18. The Morgan fingerprint density at radius 2 is 2.00 bits per heavy atom. The van der Waals surface area contributed by atoms with Crippen molar-refractivity contribution in [2.45, 2.75) is 37.8 Å². The molecule has 1 aromatic carbocycles. The first-order valence-electron chi connectivity index (χ1n) is 9.02. The lowest BCUT2D eigenvalue weighted by atomic mass is 9.88. The van der Waals surface area contributed by atoms with Crippen LogP contribution < -0.4 is 9.47 Å². The smallest absolute Gasteiger partial charge is 0.161 e. The first kappa shape index (κ1) is 16.7. The zero-order valence-electron chi connectivity index (χ0n) is 14.9. The van der Waals surface area contributed by atoms with Gasteiger partial charge >= 0.3 is 0 Å². The van der Waals surface area contributed by atoms with Crippen molar-refractivity contribution in [3.8, 4) is 11.5 Å². The van der Waals surface area contributed by atoms with Crippen LogP contribution >= 0.6 is 11.3 Å². The third-order valence-corrected chi connectivity index (χ3v) is 6.30. The van der Waals surface area contributed by atoms with Gasteiger partial charge < -0.3 is 9.47 Å². The minimum atomic E-state index is 0.302. The van der Waals surface area contributed by atoms with Gasteiger partial charge in [0, 0.05) is 17.5 Å². The molecule has 2 unspecified atom stereocenters. The van der Waals surface area contributed by atoms with Crippen molar-refractivity contribution >= 4 is 11.3 Å². The van der Waals surface area contributed by atoms with E-state index in [0.717, 1.165) is 24.5 Å². The molecule has 1 aromatic heterocycles. The van der Waals surface area contributed by atoms with E-state index in [4.69, 9.17) is 9.47 Å². The van der Waals surface area contributed by atoms with Crippen LogP contribution in [-0.2, 0) is 6.42 Å². The Balaban J connectivity index is 1.80. The van der Waals surface area contributed by atoms with Gasteiger partial charge in [-0.15, -0.1) is 11.3 Å². The highest BCUT2D eigenvalue weighted by atomic mass is 32.1. The maximum Gasteiger partial charge on any atom is 0.161 e. The van der Waals surface area contributed by atoms with E-state index in [1.165, 1.54) is 35.3 Å². The summed E-state index contributed by atoms with van der Waals surface area (Å²) in [5.41, 5.74) is 2.75. The molecular formula is C21H25NO2S. The molecule has 4 rings (SSSR count). The van der Waals surface area contributed by atoms with Crippen molar-refractivity contribution in [1.82, 2.24) is 4.90 Å². The number of nitrogens with zero attached hydrogens (tertiary/aromatic N) is 1. The fourth-order valence-electron chi connectivity index (χ4n) is 4.16. The van der Waals surface area contributed by atoms with Crippen LogP contribution in [0.15, 0.2) is 41.8 Å². The maximum atomic E-state index is 5.59. The predicted molar refractivity (Wildman–Crippen MR) is 103 cm³/mol. The highest BCUT2D eigenvalue weighted by Crippen LogP contribution is 2.43. The minimum Gasteiger partial charge on any atom is -0.493 e. The largest absolute Gasteiger partial charge is 0.493 e. The lowest BCUT2D eigenvalue weighted by molar-refractivity contribution is 0.163. The first-order valence-corrected chi connectivity index (χ1v) is 9.90. The van der Waals surface area contributed by atoms with Gasteiger partial charge in [0.25, 0.3) is 0 Å². The Labute approximate surface area is 153 Å². The summed E-state index contributed by atoms with van der Waals surface area (Å²) in [7, 11) is 3.43. The molecule has 0 bridgehead atoms. The van der Waals surface area contributed by atoms with Crippen LogP contribution in [-0.4, -0.2) is 31.7 Å². The van der Waals surface area contributed by atoms with Crippen molar-refractivity contribution in [3.63, 3.8) is 0 Å². The quantitative estimate of drug-likeness (QED) is 0.734. The lowest BCUT2D eigenvalue weighted by Crippen LogP contribution is -2.42. The number of allylic oxidation sites excluding steroid dienone is 1. The molecule has 0 saturated heterocycles. The zero-order chi connectivity index (χ0) is 17.2. The Hall–Kier alpha value is -1.78. The fourth-order valence-corrected chi connectivity index (χ4v) is 5.02. The number of rotatable bonds is 4. The topological polar surface area (TPSA) is 21.7 Å². The van der Waals surface area contributed by atoms with Crippen LogP contribution in [0, 0.1) is 0 Å². The molecular weight excluding hydrogens is 330 g/mol. The number of hydrogen-bond donors (Lipinski definition) is 0. The molecule has 3 nitrogen and oxygen atoms in total. The van der Waals surface area contributed by atoms with Crippen LogP contribution in [0.1, 0.15) is 41.3 Å². The standard InChI is InChI=1S/C21H25NO2S/c1-23-18-13-15-10-11-22(16-7-4-3-5-8-16)21(20-9-6-12-25-20)17(15)14-19(18)24-2/h4,6-7,9,12-14,16,21H,3,5,8,10-11H2,1-2H3. The van der Waals surface area contributed by atoms with Gasteiger partial charge in [-0.2, -0.15) is 0 Å². The van der Waals surface area contributed by atoms with Crippen molar-refractivity contribution in [1.29, 1.82) is 0 Å². The first-order chi connectivity index (χ1) is 12.3. The molecule has 0 amide bonds. The van der Waals surface area contributed by atoms with Crippen molar-refractivity contribution in [2.75, 3.05) is 20.8 Å². The van der Waals surface area contributed by atoms with Crippen LogP contribution in [0.25, 0.3) is 0 Å². The van der Waals surface area contributed by atoms with Gasteiger partial charge in [-0.1, -0.05) is 18.2 Å². The molecule has 2 aromatic rings. The molecule has 1 aliphatic heterocycles. The molecule has 2 aliphatic rings. The molecule has 0 saturated carbocycles. The van der Waals surface area contributed by atoms with Gasteiger partial charge in [-0.25, -0.2) is 0 Å². The molecule has 1 aliphatic carbocycles. The highest BCUT2D eigenvalue weighted by molar-refractivity contribution is 7.10. The third kappa shape index (κ3) is 3.09. The Kier molecular flexibility index (Phi) is 4.82. The Bertz CT molecular complexity index is 754. The van der Waals surface area contributed by atoms with Crippen LogP contribution in [0.4, 0.5) is 0 Å². The minimum absolute atomic E-state index is 0.302. The SMILES string of the molecule is COc1cc2c(cc1OC)C(c1cccs1)N(C1C=CCCC1)CC2. The summed E-state index contributed by atoms with van der Waals surface area (Å²) in [6.07, 6.45) is 9.58. The van der Waals surface area contributed by atoms with Crippen molar-refractivity contribution in [2.24, 2.45) is 0 Å². The molecule has 0 fully saturated rings. The van der Waals surface area contributed by atoms with Crippen LogP contribution in [0.3, 0.4) is 0 Å².